The maximum absolute atomic E-state index is 10.1. The maximum atomic E-state index is 10.1. The van der Waals surface area contributed by atoms with Crippen molar-refractivity contribution in [1.29, 1.82) is 10.5 Å². The third-order valence-electron chi connectivity index (χ3n) is 11.3. The number of rotatable bonds is 13. The van der Waals surface area contributed by atoms with Crippen LogP contribution in [0.4, 0.5) is 12.9 Å². The highest BCUT2D eigenvalue weighted by atomic mass is 32.2. The minimum absolute atomic E-state index is 0.131. The SMILES string of the molecule is COc1cc(C)cc(-c2nn(CC#N)cc2-c2ccnc(-c3ccc(Oc4ccccc4)cc3)c2)c1.CSC.Cc1cc(O)cc(-c2nn(CC#N)cc2-c2ccnc(-c3ccc(Oc4ccccc4)cc3)c2)c1.FB(F)F. The van der Waals surface area contributed by atoms with Gasteiger partial charge in [-0.05, 0) is 182 Å². The van der Waals surface area contributed by atoms with Crippen LogP contribution in [0.15, 0.2) is 195 Å². The molecular formula is C61H52BF3N8O4S. The summed E-state index contributed by atoms with van der Waals surface area (Å²) in [4.78, 5) is 9.16. The normalized spacial score (nSPS) is 10.2. The fourth-order valence-electron chi connectivity index (χ4n) is 8.05. The molecule has 0 unspecified atom stereocenters. The lowest BCUT2D eigenvalue weighted by molar-refractivity contribution is 0.414. The number of nitrogens with zero attached hydrogens (tertiary/aromatic N) is 8. The first-order chi connectivity index (χ1) is 37.9. The number of methoxy groups -OCH3 is 1. The number of aryl methyl sites for hydroxylation is 2. The fraction of sp³-hybridized carbons (Fsp3) is 0.115. The van der Waals surface area contributed by atoms with E-state index in [9.17, 15) is 28.6 Å². The van der Waals surface area contributed by atoms with Crippen molar-refractivity contribution in [1.82, 2.24) is 29.5 Å². The first kappa shape index (κ1) is 56.2. The summed E-state index contributed by atoms with van der Waals surface area (Å²) in [6.45, 7) is 4.24. The highest BCUT2D eigenvalue weighted by Gasteiger charge is 2.18. The molecule has 0 aliphatic heterocycles. The molecule has 6 aromatic carbocycles. The largest absolute Gasteiger partial charge is 0.762 e. The highest BCUT2D eigenvalue weighted by Crippen LogP contribution is 2.37. The lowest BCUT2D eigenvalue weighted by atomic mass is 9.99. The van der Waals surface area contributed by atoms with Crippen molar-refractivity contribution in [3.05, 3.63) is 206 Å². The first-order valence-electron chi connectivity index (χ1n) is 24.1. The van der Waals surface area contributed by atoms with Gasteiger partial charge in [0.05, 0.1) is 30.6 Å². The second-order valence-corrected chi connectivity index (χ2v) is 18.0. The molecule has 0 radical (unpaired) electrons. The molecule has 4 heterocycles. The van der Waals surface area contributed by atoms with Crippen molar-refractivity contribution in [2.24, 2.45) is 0 Å². The Morgan fingerprint density at radius 3 is 1.31 bits per heavy atom. The number of phenols is 1. The molecule has 0 saturated carbocycles. The van der Waals surface area contributed by atoms with E-state index in [0.29, 0.717) is 5.69 Å². The van der Waals surface area contributed by atoms with E-state index in [4.69, 9.17) is 19.3 Å². The van der Waals surface area contributed by atoms with E-state index in [1.165, 1.54) is 0 Å². The fourth-order valence-corrected chi connectivity index (χ4v) is 8.05. The van der Waals surface area contributed by atoms with Crippen LogP contribution in [0, 0.1) is 36.5 Å². The zero-order valence-corrected chi connectivity index (χ0v) is 44.1. The van der Waals surface area contributed by atoms with Gasteiger partial charge in [-0.2, -0.15) is 32.5 Å². The molecule has 0 spiro atoms. The zero-order chi connectivity index (χ0) is 55.4. The monoisotopic (exact) mass is 1060 g/mol. The number of pyridine rings is 2. The summed E-state index contributed by atoms with van der Waals surface area (Å²) in [6, 6.07) is 58.6. The van der Waals surface area contributed by atoms with Crippen molar-refractivity contribution in [2.45, 2.75) is 26.9 Å². The number of aromatic nitrogens is 6. The van der Waals surface area contributed by atoms with Gasteiger partial charge in [-0.25, -0.2) is 0 Å². The Morgan fingerprint density at radius 1 is 0.513 bits per heavy atom. The lowest BCUT2D eigenvalue weighted by Crippen LogP contribution is -1.95. The van der Waals surface area contributed by atoms with Gasteiger partial charge in [-0.15, -0.1) is 0 Å². The third kappa shape index (κ3) is 15.7. The average Bonchev–Trinajstić information content (AvgIpc) is 4.17. The van der Waals surface area contributed by atoms with E-state index in [1.54, 1.807) is 52.8 Å². The van der Waals surface area contributed by atoms with Gasteiger partial charge in [0.1, 0.15) is 59.0 Å². The smallest absolute Gasteiger partial charge is 0.508 e. The third-order valence-corrected chi connectivity index (χ3v) is 11.3. The van der Waals surface area contributed by atoms with E-state index in [1.807, 2.05) is 190 Å². The second kappa shape index (κ2) is 27.8. The Balaban J connectivity index is 0.000000202. The van der Waals surface area contributed by atoms with Crippen molar-refractivity contribution < 1.29 is 32.3 Å². The van der Waals surface area contributed by atoms with Crippen molar-refractivity contribution in [3.8, 4) is 114 Å². The molecular weight excluding hydrogens is 1010 g/mol. The summed E-state index contributed by atoms with van der Waals surface area (Å²) >= 11 is 1.75. The highest BCUT2D eigenvalue weighted by molar-refractivity contribution is 7.97. The van der Waals surface area contributed by atoms with Crippen LogP contribution in [0.3, 0.4) is 0 Å². The molecule has 0 amide bonds. The quantitative estimate of drug-likeness (QED) is 0.110. The summed E-state index contributed by atoms with van der Waals surface area (Å²) < 4.78 is 49.6. The molecule has 0 bridgehead atoms. The molecule has 0 aliphatic carbocycles. The average molecular weight is 1060 g/mol. The molecule has 0 atom stereocenters. The molecule has 0 fully saturated rings. The number of nitriles is 2. The number of benzene rings is 6. The number of hydrogen-bond acceptors (Lipinski definition) is 11. The van der Waals surface area contributed by atoms with E-state index in [2.05, 4.69) is 33.3 Å². The van der Waals surface area contributed by atoms with Gasteiger partial charge in [-0.3, -0.25) is 32.3 Å². The second-order valence-electron chi connectivity index (χ2n) is 17.2. The maximum Gasteiger partial charge on any atom is 0.762 e. The van der Waals surface area contributed by atoms with Gasteiger partial charge in [0.2, 0.25) is 0 Å². The van der Waals surface area contributed by atoms with Crippen LogP contribution >= 0.6 is 11.8 Å². The van der Waals surface area contributed by atoms with Crippen molar-refractivity contribution >= 4 is 19.3 Å². The molecule has 4 aromatic heterocycles. The summed E-state index contributed by atoms with van der Waals surface area (Å²) in [7, 11) is -2.01. The van der Waals surface area contributed by atoms with Gasteiger partial charge >= 0.3 is 7.54 Å². The number of hydrogen-bond donors (Lipinski definition) is 1. The minimum Gasteiger partial charge on any atom is -0.508 e. The van der Waals surface area contributed by atoms with E-state index >= 15 is 0 Å². The lowest BCUT2D eigenvalue weighted by Gasteiger charge is -2.09. The van der Waals surface area contributed by atoms with Gasteiger partial charge in [0.15, 0.2) is 0 Å². The Morgan fingerprint density at radius 2 is 0.910 bits per heavy atom. The zero-order valence-electron chi connectivity index (χ0n) is 43.3. The molecule has 1 N–H and O–H groups in total. The first-order valence-corrected chi connectivity index (χ1v) is 25.8. The number of aromatic hydroxyl groups is 1. The Labute approximate surface area is 455 Å². The van der Waals surface area contributed by atoms with Crippen LogP contribution in [0.1, 0.15) is 11.1 Å². The Hall–Kier alpha value is -9.58. The predicted molar refractivity (Wildman–Crippen MR) is 303 cm³/mol. The van der Waals surface area contributed by atoms with Gasteiger partial charge in [0, 0.05) is 58.2 Å². The summed E-state index contributed by atoms with van der Waals surface area (Å²) in [5, 5.41) is 37.9. The molecule has 0 saturated heterocycles. The summed E-state index contributed by atoms with van der Waals surface area (Å²) in [6.07, 6.45) is 11.4. The van der Waals surface area contributed by atoms with Crippen LogP contribution < -0.4 is 14.2 Å². The summed E-state index contributed by atoms with van der Waals surface area (Å²) in [5.41, 5.74) is 12.4. The molecule has 12 nitrogen and oxygen atoms in total. The van der Waals surface area contributed by atoms with Gasteiger partial charge < -0.3 is 19.3 Å². The predicted octanol–water partition coefficient (Wildman–Crippen LogP) is 15.4. The number of phenolic OH excluding ortho intramolecular Hbond substituents is 1. The Kier molecular flexibility index (Phi) is 20.0. The summed E-state index contributed by atoms with van der Waals surface area (Å²) in [5.74, 6) is 4.02. The van der Waals surface area contributed by atoms with Crippen LogP contribution in [0.5, 0.6) is 34.5 Å². The van der Waals surface area contributed by atoms with E-state index in [0.717, 1.165) is 101 Å². The standard InChI is InChI=1S/C30H24N4O2.C29H22N4O2.C2H6S.BF3/c1-21-16-24(18-27(17-21)35-2)30-28(20-34(33-30)15-13-31)23-12-14-32-29(19-23)22-8-10-26(11-9-22)36-25-6-4-3-5-7-25;1-20-15-23(17-24(34)16-20)29-27(19-33(32-29)14-12-30)22-11-13-31-28(18-22)21-7-9-26(10-8-21)35-25-5-3-2-4-6-25;1-3-2;2-1(3)4/h3-12,14,16-20H,15H2,1-2H3;2-11,13,15-19,34H,14H2,1H3;1-2H3;. The number of thioether (sulfide) groups is 1. The minimum atomic E-state index is -3.67. The van der Waals surface area contributed by atoms with Crippen LogP contribution in [-0.2, 0) is 13.1 Å². The van der Waals surface area contributed by atoms with E-state index < -0.39 is 7.54 Å². The molecule has 390 valence electrons. The van der Waals surface area contributed by atoms with Gasteiger partial charge in [0.25, 0.3) is 0 Å². The Bertz CT molecular complexity index is 3610. The molecule has 10 rings (SSSR count). The topological polar surface area (TPSA) is 157 Å². The van der Waals surface area contributed by atoms with Crippen LogP contribution in [0.2, 0.25) is 0 Å². The number of para-hydroxylation sites is 2. The van der Waals surface area contributed by atoms with Crippen molar-refractivity contribution in [3.63, 3.8) is 0 Å². The van der Waals surface area contributed by atoms with Crippen LogP contribution in [-0.4, -0.2) is 61.8 Å². The van der Waals surface area contributed by atoms with Crippen molar-refractivity contribution in [2.75, 3.05) is 19.6 Å². The molecule has 78 heavy (non-hydrogen) atoms. The van der Waals surface area contributed by atoms with E-state index in [-0.39, 0.29) is 18.8 Å². The molecule has 10 aromatic rings. The molecule has 17 heteroatoms. The molecule has 0 aliphatic rings. The number of ether oxygens (including phenoxy) is 3. The van der Waals surface area contributed by atoms with Crippen LogP contribution in [0.25, 0.3) is 67.3 Å². The number of halogens is 3. The van der Waals surface area contributed by atoms with Gasteiger partial charge in [-0.1, -0.05) is 36.4 Å².